The van der Waals surface area contributed by atoms with Crippen LogP contribution in [-0.4, -0.2) is 8.07 Å². The molecule has 174 valence electrons. The van der Waals surface area contributed by atoms with Crippen molar-refractivity contribution < 1.29 is 4.57 Å². The maximum Gasteiger partial charge on any atom is 0.214 e. The zero-order valence-electron chi connectivity index (χ0n) is 21.8. The lowest BCUT2D eigenvalue weighted by Gasteiger charge is -2.19. The average Bonchev–Trinajstić information content (AvgIpc) is 3.13. The first-order valence-electron chi connectivity index (χ1n) is 12.4. The molecule has 0 fully saturated rings. The molecule has 0 aliphatic rings. The molecule has 0 saturated heterocycles. The molecule has 5 rings (SSSR count). The second kappa shape index (κ2) is 8.32. The topological polar surface area (TPSA) is 3.88 Å². The van der Waals surface area contributed by atoms with E-state index in [1.807, 2.05) is 11.3 Å². The van der Waals surface area contributed by atoms with Crippen LogP contribution in [0.4, 0.5) is 0 Å². The zero-order valence-corrected chi connectivity index (χ0v) is 23.7. The smallest absolute Gasteiger partial charge is 0.194 e. The van der Waals surface area contributed by atoms with Crippen LogP contribution in [0, 0.1) is 19.8 Å². The van der Waals surface area contributed by atoms with Gasteiger partial charge in [0.1, 0.15) is 7.05 Å². The number of benzene rings is 3. The quantitative estimate of drug-likeness (QED) is 0.180. The van der Waals surface area contributed by atoms with Gasteiger partial charge in [-0.15, -0.1) is 11.3 Å². The van der Waals surface area contributed by atoms with Crippen LogP contribution >= 0.6 is 11.3 Å². The molecule has 34 heavy (non-hydrogen) atoms. The summed E-state index contributed by atoms with van der Waals surface area (Å²) in [6.45, 7) is 16.6. The second-order valence-electron chi connectivity index (χ2n) is 11.4. The predicted molar refractivity (Wildman–Crippen MR) is 154 cm³/mol. The van der Waals surface area contributed by atoms with Gasteiger partial charge in [-0.1, -0.05) is 62.9 Å². The van der Waals surface area contributed by atoms with Crippen molar-refractivity contribution in [3.63, 3.8) is 0 Å². The summed E-state index contributed by atoms with van der Waals surface area (Å²) in [6, 6.07) is 21.0. The molecule has 2 aromatic heterocycles. The van der Waals surface area contributed by atoms with Gasteiger partial charge in [0.2, 0.25) is 11.2 Å². The lowest BCUT2D eigenvalue weighted by molar-refractivity contribution is -0.633. The van der Waals surface area contributed by atoms with Gasteiger partial charge in [-0.3, -0.25) is 0 Å². The van der Waals surface area contributed by atoms with Gasteiger partial charge in [0, 0.05) is 37.7 Å². The minimum atomic E-state index is -1.39. The van der Waals surface area contributed by atoms with E-state index in [-0.39, 0.29) is 0 Å². The molecule has 0 radical (unpaired) electrons. The first kappa shape index (κ1) is 23.3. The highest BCUT2D eigenvalue weighted by molar-refractivity contribution is 7.26. The Labute approximate surface area is 209 Å². The van der Waals surface area contributed by atoms with E-state index in [0.717, 1.165) is 6.42 Å². The van der Waals surface area contributed by atoms with E-state index in [9.17, 15) is 0 Å². The monoisotopic (exact) mass is 482 g/mol. The molecule has 0 bridgehead atoms. The van der Waals surface area contributed by atoms with Gasteiger partial charge in [-0.2, -0.15) is 4.57 Å². The van der Waals surface area contributed by atoms with E-state index in [4.69, 9.17) is 0 Å². The van der Waals surface area contributed by atoms with Gasteiger partial charge < -0.3 is 0 Å². The molecule has 2 heterocycles. The molecule has 3 heteroatoms. The van der Waals surface area contributed by atoms with Crippen LogP contribution in [0.3, 0.4) is 0 Å². The van der Waals surface area contributed by atoms with Crippen molar-refractivity contribution in [2.24, 2.45) is 13.0 Å². The predicted octanol–water partition coefficient (Wildman–Crippen LogP) is 8.06. The molecule has 0 saturated carbocycles. The largest absolute Gasteiger partial charge is 0.214 e. The summed E-state index contributed by atoms with van der Waals surface area (Å²) in [5, 5.41) is 5.73. The fourth-order valence-electron chi connectivity index (χ4n) is 5.27. The van der Waals surface area contributed by atoms with Gasteiger partial charge in [-0.05, 0) is 61.1 Å². The molecule has 3 aromatic carbocycles. The number of fused-ring (bicyclic) bond motifs is 4. The summed E-state index contributed by atoms with van der Waals surface area (Å²) >= 11 is 1.94. The van der Waals surface area contributed by atoms with E-state index >= 15 is 0 Å². The van der Waals surface area contributed by atoms with Gasteiger partial charge in [-0.25, -0.2) is 0 Å². The standard InChI is InChI=1S/C31H36NSSi/c1-19(2)15-22-17-28(32(5)27-14-13-23(18-25(22)27)34(6,7)8)30-21(4)20(3)16-26-24-11-9-10-12-29(24)33-31(26)30/h9-14,16-19H,15H2,1-8H3/q+1. The number of aromatic nitrogens is 1. The summed E-state index contributed by atoms with van der Waals surface area (Å²) in [6.07, 6.45) is 1.10. The molecule has 1 nitrogen and oxygen atoms in total. The highest BCUT2D eigenvalue weighted by Gasteiger charge is 2.26. The number of thiophene rings is 1. The maximum absolute atomic E-state index is 2.50. The van der Waals surface area contributed by atoms with Gasteiger partial charge >= 0.3 is 0 Å². The van der Waals surface area contributed by atoms with Crippen LogP contribution in [0.2, 0.25) is 19.6 Å². The van der Waals surface area contributed by atoms with E-state index in [0.29, 0.717) is 5.92 Å². The first-order valence-corrected chi connectivity index (χ1v) is 16.8. The lowest BCUT2D eigenvalue weighted by atomic mass is 9.93. The van der Waals surface area contributed by atoms with Crippen LogP contribution in [0.25, 0.3) is 42.3 Å². The maximum atomic E-state index is 2.50. The molecular formula is C31H36NSSi+. The highest BCUT2D eigenvalue weighted by atomic mass is 32.1. The van der Waals surface area contributed by atoms with Crippen molar-refractivity contribution in [3.05, 3.63) is 71.3 Å². The van der Waals surface area contributed by atoms with Crippen LogP contribution < -0.4 is 9.75 Å². The van der Waals surface area contributed by atoms with Crippen molar-refractivity contribution >= 4 is 55.7 Å². The Morgan fingerprint density at radius 3 is 2.32 bits per heavy atom. The molecule has 0 N–H and O–H groups in total. The van der Waals surface area contributed by atoms with E-state index in [2.05, 4.69) is 114 Å². The lowest BCUT2D eigenvalue weighted by Crippen LogP contribution is -2.39. The molecule has 0 aliphatic heterocycles. The van der Waals surface area contributed by atoms with E-state index < -0.39 is 8.07 Å². The van der Waals surface area contributed by atoms with E-state index in [1.54, 1.807) is 0 Å². The molecular weight excluding hydrogens is 447 g/mol. The molecule has 0 spiro atoms. The Kier molecular flexibility index (Phi) is 5.69. The van der Waals surface area contributed by atoms with Crippen molar-refractivity contribution in [2.75, 3.05) is 0 Å². The van der Waals surface area contributed by atoms with Crippen LogP contribution in [-0.2, 0) is 13.5 Å². The van der Waals surface area contributed by atoms with Crippen LogP contribution in [0.1, 0.15) is 30.5 Å². The minimum Gasteiger partial charge on any atom is -0.194 e. The van der Waals surface area contributed by atoms with Gasteiger partial charge in [0.25, 0.3) is 0 Å². The third kappa shape index (κ3) is 3.79. The normalized spacial score (nSPS) is 12.5. The Morgan fingerprint density at radius 1 is 0.882 bits per heavy atom. The third-order valence-corrected chi connectivity index (χ3v) is 10.6. The Balaban J connectivity index is 1.89. The molecule has 0 atom stereocenters. The van der Waals surface area contributed by atoms with Crippen molar-refractivity contribution in [3.8, 4) is 11.3 Å². The Hall–Kier alpha value is -2.49. The second-order valence-corrected chi connectivity index (χ2v) is 17.5. The Bertz CT molecular complexity index is 1570. The number of pyridine rings is 1. The number of hydrogen-bond donors (Lipinski definition) is 0. The van der Waals surface area contributed by atoms with E-state index in [1.165, 1.54) is 64.2 Å². The zero-order chi connectivity index (χ0) is 24.4. The number of aryl methyl sites for hydroxylation is 2. The van der Waals surface area contributed by atoms with Crippen molar-refractivity contribution in [1.29, 1.82) is 0 Å². The third-order valence-electron chi connectivity index (χ3n) is 7.31. The van der Waals surface area contributed by atoms with Crippen LogP contribution in [0.5, 0.6) is 0 Å². The molecule has 5 aromatic rings. The molecule has 0 unspecified atom stereocenters. The number of nitrogens with zero attached hydrogens (tertiary/aromatic N) is 1. The molecule has 0 amide bonds. The van der Waals surface area contributed by atoms with Gasteiger partial charge in [0.15, 0.2) is 0 Å². The van der Waals surface area contributed by atoms with Crippen molar-refractivity contribution in [1.82, 2.24) is 0 Å². The van der Waals surface area contributed by atoms with Gasteiger partial charge in [0.05, 0.1) is 13.6 Å². The summed E-state index contributed by atoms with van der Waals surface area (Å²) in [5.41, 5.74) is 8.31. The highest BCUT2D eigenvalue weighted by Crippen LogP contribution is 2.42. The number of rotatable bonds is 4. The summed E-state index contributed by atoms with van der Waals surface area (Å²) in [4.78, 5) is 0. The fraction of sp³-hybridized carbons (Fsp3) is 0.323. The number of hydrogen-bond acceptors (Lipinski definition) is 1. The average molecular weight is 483 g/mol. The van der Waals surface area contributed by atoms with Crippen LogP contribution in [0.15, 0.2) is 54.6 Å². The first-order chi connectivity index (χ1) is 16.1. The van der Waals surface area contributed by atoms with Crippen molar-refractivity contribution in [2.45, 2.75) is 53.8 Å². The fourth-order valence-corrected chi connectivity index (χ4v) is 7.72. The summed E-state index contributed by atoms with van der Waals surface area (Å²) < 4.78 is 5.22. The SMILES string of the molecule is Cc1cc2c(sc3ccccc32)c(-c2cc(CC(C)C)c3cc([Si](C)(C)C)ccc3[n+]2C)c1C. The Morgan fingerprint density at radius 2 is 1.62 bits per heavy atom. The molecule has 0 aliphatic carbocycles. The summed E-state index contributed by atoms with van der Waals surface area (Å²) in [5.74, 6) is 0.613. The summed E-state index contributed by atoms with van der Waals surface area (Å²) in [7, 11) is 0.868. The minimum absolute atomic E-state index is 0.613.